The molecule has 1 fully saturated rings. The summed E-state index contributed by atoms with van der Waals surface area (Å²) < 4.78 is 9.45. The van der Waals surface area contributed by atoms with E-state index in [4.69, 9.17) is 4.42 Å². The fourth-order valence-electron chi connectivity index (χ4n) is 1.53. The first-order valence-electron chi connectivity index (χ1n) is 4.78. The average Bonchev–Trinajstić information content (AvgIpc) is 2.76. The van der Waals surface area contributed by atoms with Crippen LogP contribution in [0.5, 0.6) is 0 Å². The van der Waals surface area contributed by atoms with Gasteiger partial charge in [-0.3, -0.25) is 0 Å². The van der Waals surface area contributed by atoms with Gasteiger partial charge >= 0.3 is 11.9 Å². The normalized spacial score (nSPS) is 18.1. The molecule has 0 aromatic carbocycles. The summed E-state index contributed by atoms with van der Waals surface area (Å²) in [5.74, 6) is -1.19. The van der Waals surface area contributed by atoms with E-state index >= 15 is 0 Å². The third kappa shape index (κ3) is 1.69. The second kappa shape index (κ2) is 3.81. The van der Waals surface area contributed by atoms with Crippen molar-refractivity contribution in [3.8, 4) is 0 Å². The quantitative estimate of drug-likeness (QED) is 0.411. The number of ether oxygens (including phenoxy) is 1. The zero-order valence-electron chi connectivity index (χ0n) is 8.94. The van der Waals surface area contributed by atoms with Crippen molar-refractivity contribution in [1.82, 2.24) is 0 Å². The maximum Gasteiger partial charge on any atom is 0.346 e. The predicted octanol–water partition coefficient (Wildman–Crippen LogP) is 2.08. The molecule has 0 N–H and O–H groups in total. The van der Waals surface area contributed by atoms with E-state index in [-0.39, 0.29) is 5.57 Å². The van der Waals surface area contributed by atoms with Gasteiger partial charge in [-0.15, -0.1) is 0 Å². The lowest BCUT2D eigenvalue weighted by Gasteiger charge is -1.95. The van der Waals surface area contributed by atoms with Crippen LogP contribution in [0.3, 0.4) is 0 Å². The molecule has 0 bridgehead atoms. The van der Waals surface area contributed by atoms with Crippen LogP contribution in [0.25, 0.3) is 6.08 Å². The molecule has 0 atom stereocenters. The number of hydrogen-bond acceptors (Lipinski definition) is 4. The molecule has 4 heteroatoms. The summed E-state index contributed by atoms with van der Waals surface area (Å²) in [4.78, 5) is 22.8. The van der Waals surface area contributed by atoms with Crippen LogP contribution < -0.4 is 0 Å². The number of allylic oxidation sites excluding steroid dienone is 1. The number of esters is 2. The zero-order chi connectivity index (χ0) is 11.7. The van der Waals surface area contributed by atoms with Crippen molar-refractivity contribution in [2.24, 2.45) is 0 Å². The molecule has 1 aromatic heterocycles. The fourth-order valence-corrected chi connectivity index (χ4v) is 1.53. The Morgan fingerprint density at radius 2 is 2.00 bits per heavy atom. The van der Waals surface area contributed by atoms with Crippen LogP contribution in [0.4, 0.5) is 0 Å². The second-order valence-corrected chi connectivity index (χ2v) is 3.67. The molecule has 0 spiro atoms. The maximum absolute atomic E-state index is 11.4. The molecule has 16 heavy (non-hydrogen) atoms. The molecule has 0 aliphatic carbocycles. The molecule has 1 aromatic rings. The number of carbonyl (C=O) groups excluding carboxylic acids is 2. The highest BCUT2D eigenvalue weighted by atomic mass is 16.6. The highest BCUT2D eigenvalue weighted by Crippen LogP contribution is 2.27. The SMILES string of the molecule is CC(C)=C1C(=O)OC(=O)/C1=C/c1ccoc1. The summed E-state index contributed by atoms with van der Waals surface area (Å²) in [6, 6.07) is 1.70. The predicted molar refractivity (Wildman–Crippen MR) is 56.2 cm³/mol. The van der Waals surface area contributed by atoms with Crippen molar-refractivity contribution in [1.29, 1.82) is 0 Å². The van der Waals surface area contributed by atoms with E-state index in [2.05, 4.69) is 4.74 Å². The van der Waals surface area contributed by atoms with Crippen LogP contribution in [-0.2, 0) is 14.3 Å². The lowest BCUT2D eigenvalue weighted by molar-refractivity contribution is -0.149. The van der Waals surface area contributed by atoms with Crippen LogP contribution in [0.1, 0.15) is 19.4 Å². The van der Waals surface area contributed by atoms with E-state index in [0.717, 1.165) is 11.1 Å². The minimum atomic E-state index is -0.609. The molecule has 0 unspecified atom stereocenters. The molecule has 1 aliphatic heterocycles. The van der Waals surface area contributed by atoms with Gasteiger partial charge in [0.05, 0.1) is 23.7 Å². The Morgan fingerprint density at radius 1 is 1.25 bits per heavy atom. The number of furan rings is 1. The van der Waals surface area contributed by atoms with Crippen LogP contribution >= 0.6 is 0 Å². The van der Waals surface area contributed by atoms with Gasteiger partial charge in [-0.2, -0.15) is 0 Å². The largest absolute Gasteiger partial charge is 0.472 e. The molecule has 0 saturated carbocycles. The van der Waals surface area contributed by atoms with E-state index in [1.807, 2.05) is 0 Å². The Bertz CT molecular complexity index is 499. The Balaban J connectivity index is 2.51. The van der Waals surface area contributed by atoms with Gasteiger partial charge in [0.15, 0.2) is 0 Å². The van der Waals surface area contributed by atoms with Crippen molar-refractivity contribution in [3.63, 3.8) is 0 Å². The Labute approximate surface area is 92.2 Å². The zero-order valence-corrected chi connectivity index (χ0v) is 8.94. The number of carbonyl (C=O) groups is 2. The fraction of sp³-hybridized carbons (Fsp3) is 0.167. The van der Waals surface area contributed by atoms with Gasteiger partial charge in [-0.1, -0.05) is 5.57 Å². The number of hydrogen-bond donors (Lipinski definition) is 0. The van der Waals surface area contributed by atoms with Crippen LogP contribution in [-0.4, -0.2) is 11.9 Å². The number of rotatable bonds is 1. The van der Waals surface area contributed by atoms with E-state index < -0.39 is 11.9 Å². The van der Waals surface area contributed by atoms with Gasteiger partial charge in [0.2, 0.25) is 0 Å². The molecule has 2 heterocycles. The van der Waals surface area contributed by atoms with E-state index in [1.165, 1.54) is 12.5 Å². The lowest BCUT2D eigenvalue weighted by atomic mass is 10.0. The first kappa shape index (κ1) is 10.4. The first-order chi connectivity index (χ1) is 7.59. The van der Waals surface area contributed by atoms with E-state index in [1.54, 1.807) is 26.0 Å². The van der Waals surface area contributed by atoms with Crippen LogP contribution in [0.2, 0.25) is 0 Å². The molecule has 1 saturated heterocycles. The maximum atomic E-state index is 11.4. The lowest BCUT2D eigenvalue weighted by Crippen LogP contribution is -1.97. The highest BCUT2D eigenvalue weighted by Gasteiger charge is 2.34. The molecule has 0 radical (unpaired) electrons. The molecule has 1 aliphatic rings. The molecule has 82 valence electrons. The van der Waals surface area contributed by atoms with Crippen molar-refractivity contribution in [2.45, 2.75) is 13.8 Å². The monoisotopic (exact) mass is 218 g/mol. The summed E-state index contributed by atoms with van der Waals surface area (Å²) in [6.07, 6.45) is 4.57. The summed E-state index contributed by atoms with van der Waals surface area (Å²) in [5, 5.41) is 0. The third-order valence-electron chi connectivity index (χ3n) is 2.23. The molecule has 4 nitrogen and oxygen atoms in total. The molecule has 2 rings (SSSR count). The standard InChI is InChI=1S/C12H10O4/c1-7(2)10-9(11(13)16-12(10)14)5-8-3-4-15-6-8/h3-6H,1-2H3/b9-5+. The van der Waals surface area contributed by atoms with Gasteiger partial charge in [-0.05, 0) is 26.0 Å². The van der Waals surface area contributed by atoms with Gasteiger partial charge in [0, 0.05) is 5.56 Å². The van der Waals surface area contributed by atoms with E-state index in [9.17, 15) is 9.59 Å². The van der Waals surface area contributed by atoms with Crippen molar-refractivity contribution >= 4 is 18.0 Å². The van der Waals surface area contributed by atoms with Gasteiger partial charge < -0.3 is 9.15 Å². The first-order valence-corrected chi connectivity index (χ1v) is 4.78. The topological polar surface area (TPSA) is 56.5 Å². The molecule has 0 amide bonds. The van der Waals surface area contributed by atoms with Crippen LogP contribution in [0.15, 0.2) is 39.7 Å². The van der Waals surface area contributed by atoms with Crippen molar-refractivity contribution in [3.05, 3.63) is 40.9 Å². The van der Waals surface area contributed by atoms with E-state index in [0.29, 0.717) is 5.57 Å². The smallest absolute Gasteiger partial charge is 0.346 e. The number of cyclic esters (lactones) is 2. The third-order valence-corrected chi connectivity index (χ3v) is 2.23. The Morgan fingerprint density at radius 3 is 2.56 bits per heavy atom. The molecular weight excluding hydrogens is 208 g/mol. The second-order valence-electron chi connectivity index (χ2n) is 3.67. The van der Waals surface area contributed by atoms with Crippen molar-refractivity contribution < 1.29 is 18.7 Å². The van der Waals surface area contributed by atoms with Gasteiger partial charge in [0.25, 0.3) is 0 Å². The highest BCUT2D eigenvalue weighted by molar-refractivity contribution is 6.20. The summed E-state index contributed by atoms with van der Waals surface area (Å²) in [5.41, 5.74) is 2.10. The minimum Gasteiger partial charge on any atom is -0.472 e. The Kier molecular flexibility index (Phi) is 2.48. The van der Waals surface area contributed by atoms with Gasteiger partial charge in [0.1, 0.15) is 0 Å². The summed E-state index contributed by atoms with van der Waals surface area (Å²) in [7, 11) is 0. The Hall–Kier alpha value is -2.10. The van der Waals surface area contributed by atoms with Crippen LogP contribution in [0, 0.1) is 0 Å². The van der Waals surface area contributed by atoms with Crippen molar-refractivity contribution in [2.75, 3.05) is 0 Å². The summed E-state index contributed by atoms with van der Waals surface area (Å²) in [6.45, 7) is 3.52. The summed E-state index contributed by atoms with van der Waals surface area (Å²) >= 11 is 0. The minimum absolute atomic E-state index is 0.284. The molecular formula is C12H10O4. The average molecular weight is 218 g/mol. The van der Waals surface area contributed by atoms with Gasteiger partial charge in [-0.25, -0.2) is 9.59 Å².